The molecule has 0 aliphatic carbocycles. The van der Waals surface area contributed by atoms with Crippen molar-refractivity contribution in [2.24, 2.45) is 0 Å². The molecule has 13 heavy (non-hydrogen) atoms. The maximum atomic E-state index is 13.0. The zero-order valence-electron chi connectivity index (χ0n) is 7.72. The Morgan fingerprint density at radius 3 is 2.77 bits per heavy atom. The van der Waals surface area contributed by atoms with Crippen LogP contribution in [0.4, 0.5) is 8.78 Å². The van der Waals surface area contributed by atoms with Gasteiger partial charge in [-0.3, -0.25) is 4.68 Å². The maximum absolute atomic E-state index is 13.0. The molecule has 74 valence electrons. The van der Waals surface area contributed by atoms with Crippen LogP contribution in [0.25, 0.3) is 0 Å². The summed E-state index contributed by atoms with van der Waals surface area (Å²) in [5, 5.41) is 6.33. The van der Waals surface area contributed by atoms with Crippen LogP contribution in [0.1, 0.15) is 5.69 Å². The van der Waals surface area contributed by atoms with Crippen LogP contribution in [0, 0.1) is 6.92 Å². The Hall–Kier alpha value is -0.970. The normalized spacial score (nSPS) is 12.0. The fraction of sp³-hybridized carbons (Fsp3) is 0.625. The van der Waals surface area contributed by atoms with Crippen LogP contribution in [0.2, 0.25) is 0 Å². The predicted octanol–water partition coefficient (Wildman–Crippen LogP) is 1.05. The molecule has 1 N–H and O–H groups in total. The average molecular weight is 189 g/mol. The molecule has 1 rings (SSSR count). The van der Waals surface area contributed by atoms with Gasteiger partial charge in [0, 0.05) is 6.20 Å². The SMILES string of the molecule is CNCC(F)(F)Cn1ccc(C)n1. The first-order valence-electron chi connectivity index (χ1n) is 4.06. The largest absolute Gasteiger partial charge is 0.314 e. The van der Waals surface area contributed by atoms with Crippen molar-refractivity contribution in [1.29, 1.82) is 0 Å². The summed E-state index contributed by atoms with van der Waals surface area (Å²) >= 11 is 0. The molecule has 0 saturated heterocycles. The number of hydrogen-bond acceptors (Lipinski definition) is 2. The fourth-order valence-electron chi connectivity index (χ4n) is 1.10. The molecule has 0 aliphatic heterocycles. The van der Waals surface area contributed by atoms with Crippen molar-refractivity contribution in [3.63, 3.8) is 0 Å². The summed E-state index contributed by atoms with van der Waals surface area (Å²) in [7, 11) is 1.50. The van der Waals surface area contributed by atoms with Crippen molar-refractivity contribution in [1.82, 2.24) is 15.1 Å². The minimum absolute atomic E-state index is 0.327. The molecule has 0 fully saturated rings. The van der Waals surface area contributed by atoms with E-state index in [1.165, 1.54) is 11.7 Å². The smallest absolute Gasteiger partial charge is 0.279 e. The minimum atomic E-state index is -2.74. The summed E-state index contributed by atoms with van der Waals surface area (Å²) in [5.74, 6) is -2.74. The van der Waals surface area contributed by atoms with Gasteiger partial charge in [-0.15, -0.1) is 0 Å². The number of nitrogens with one attached hydrogen (secondary N) is 1. The van der Waals surface area contributed by atoms with Gasteiger partial charge in [-0.2, -0.15) is 5.10 Å². The minimum Gasteiger partial charge on any atom is -0.314 e. The van der Waals surface area contributed by atoms with E-state index in [-0.39, 0.29) is 13.1 Å². The average Bonchev–Trinajstić information content (AvgIpc) is 2.34. The number of hydrogen-bond donors (Lipinski definition) is 1. The van der Waals surface area contributed by atoms with E-state index in [0.717, 1.165) is 5.69 Å². The summed E-state index contributed by atoms with van der Waals surface area (Å²) in [5.41, 5.74) is 0.750. The molecule has 1 heterocycles. The van der Waals surface area contributed by atoms with Crippen LogP contribution < -0.4 is 5.32 Å². The third-order valence-electron chi connectivity index (χ3n) is 1.60. The van der Waals surface area contributed by atoms with Gasteiger partial charge in [-0.05, 0) is 20.0 Å². The molecule has 0 atom stereocenters. The van der Waals surface area contributed by atoms with Crippen molar-refractivity contribution in [3.05, 3.63) is 18.0 Å². The lowest BCUT2D eigenvalue weighted by Gasteiger charge is -2.15. The van der Waals surface area contributed by atoms with E-state index in [4.69, 9.17) is 0 Å². The lowest BCUT2D eigenvalue weighted by atomic mass is 10.3. The lowest BCUT2D eigenvalue weighted by Crippen LogP contribution is -2.34. The number of aromatic nitrogens is 2. The van der Waals surface area contributed by atoms with Gasteiger partial charge in [-0.25, -0.2) is 8.78 Å². The van der Waals surface area contributed by atoms with Crippen LogP contribution in [-0.4, -0.2) is 29.3 Å². The van der Waals surface area contributed by atoms with Gasteiger partial charge < -0.3 is 5.32 Å². The first kappa shape index (κ1) is 10.1. The van der Waals surface area contributed by atoms with E-state index < -0.39 is 5.92 Å². The summed E-state index contributed by atoms with van der Waals surface area (Å²) in [6, 6.07) is 1.70. The Bertz CT molecular complexity index is 270. The highest BCUT2D eigenvalue weighted by Gasteiger charge is 2.28. The fourth-order valence-corrected chi connectivity index (χ4v) is 1.10. The van der Waals surface area contributed by atoms with Crippen molar-refractivity contribution in [2.75, 3.05) is 13.6 Å². The molecule has 0 unspecified atom stereocenters. The summed E-state index contributed by atoms with van der Waals surface area (Å²) in [6.07, 6.45) is 1.55. The molecule has 0 aromatic carbocycles. The van der Waals surface area contributed by atoms with E-state index in [1.807, 2.05) is 0 Å². The summed E-state index contributed by atoms with van der Waals surface area (Å²) in [6.45, 7) is 1.07. The molecule has 0 spiro atoms. The molecular weight excluding hydrogens is 176 g/mol. The number of rotatable bonds is 4. The Morgan fingerprint density at radius 2 is 2.31 bits per heavy atom. The zero-order valence-corrected chi connectivity index (χ0v) is 7.72. The van der Waals surface area contributed by atoms with E-state index in [0.29, 0.717) is 0 Å². The maximum Gasteiger partial charge on any atom is 0.279 e. The monoisotopic (exact) mass is 189 g/mol. The van der Waals surface area contributed by atoms with Gasteiger partial charge in [0.2, 0.25) is 0 Å². The molecule has 0 bridgehead atoms. The first-order valence-corrected chi connectivity index (χ1v) is 4.06. The molecule has 1 aromatic rings. The van der Waals surface area contributed by atoms with Crippen LogP contribution in [0.3, 0.4) is 0 Å². The molecule has 0 amide bonds. The van der Waals surface area contributed by atoms with E-state index >= 15 is 0 Å². The summed E-state index contributed by atoms with van der Waals surface area (Å²) < 4.78 is 27.2. The molecular formula is C8H13F2N3. The van der Waals surface area contributed by atoms with Crippen LogP contribution >= 0.6 is 0 Å². The lowest BCUT2D eigenvalue weighted by molar-refractivity contribution is -0.0163. The Labute approximate surface area is 75.7 Å². The second-order valence-corrected chi connectivity index (χ2v) is 3.04. The molecule has 1 aromatic heterocycles. The van der Waals surface area contributed by atoms with Crippen molar-refractivity contribution in [2.45, 2.75) is 19.4 Å². The van der Waals surface area contributed by atoms with E-state index in [9.17, 15) is 8.78 Å². The van der Waals surface area contributed by atoms with Crippen molar-refractivity contribution < 1.29 is 8.78 Å². The first-order chi connectivity index (χ1) is 6.03. The highest BCUT2D eigenvalue weighted by atomic mass is 19.3. The van der Waals surface area contributed by atoms with E-state index in [2.05, 4.69) is 10.4 Å². The third kappa shape index (κ3) is 3.10. The predicted molar refractivity (Wildman–Crippen MR) is 45.8 cm³/mol. The number of aryl methyl sites for hydroxylation is 1. The standard InChI is InChI=1S/C8H13F2N3/c1-7-3-4-13(12-7)6-8(9,10)5-11-2/h3-4,11H,5-6H2,1-2H3. The second kappa shape index (κ2) is 3.83. The zero-order chi connectivity index (χ0) is 9.90. The van der Waals surface area contributed by atoms with Gasteiger partial charge in [-0.1, -0.05) is 0 Å². The second-order valence-electron chi connectivity index (χ2n) is 3.04. The molecule has 0 saturated carbocycles. The molecule has 0 aliphatic rings. The van der Waals surface area contributed by atoms with E-state index in [1.54, 1.807) is 19.2 Å². The topological polar surface area (TPSA) is 29.9 Å². The molecule has 3 nitrogen and oxygen atoms in total. The highest BCUT2D eigenvalue weighted by Crippen LogP contribution is 2.14. The summed E-state index contributed by atoms with van der Waals surface area (Å²) in [4.78, 5) is 0. The van der Waals surface area contributed by atoms with Gasteiger partial charge in [0.05, 0.1) is 12.2 Å². The van der Waals surface area contributed by atoms with Gasteiger partial charge in [0.25, 0.3) is 5.92 Å². The van der Waals surface area contributed by atoms with Crippen molar-refractivity contribution >= 4 is 0 Å². The highest BCUT2D eigenvalue weighted by molar-refractivity contribution is 4.95. The Kier molecular flexibility index (Phi) is 2.98. The van der Waals surface area contributed by atoms with Crippen molar-refractivity contribution in [3.8, 4) is 0 Å². The van der Waals surface area contributed by atoms with Gasteiger partial charge >= 0.3 is 0 Å². The quantitative estimate of drug-likeness (QED) is 0.767. The van der Waals surface area contributed by atoms with Crippen LogP contribution in [0.15, 0.2) is 12.3 Å². The number of alkyl halides is 2. The third-order valence-corrected chi connectivity index (χ3v) is 1.60. The molecule has 0 radical (unpaired) electrons. The number of nitrogens with zero attached hydrogens (tertiary/aromatic N) is 2. The Morgan fingerprint density at radius 1 is 1.62 bits per heavy atom. The number of halogens is 2. The molecule has 5 heteroatoms. The van der Waals surface area contributed by atoms with Crippen LogP contribution in [0.5, 0.6) is 0 Å². The van der Waals surface area contributed by atoms with Crippen LogP contribution in [-0.2, 0) is 6.54 Å². The van der Waals surface area contributed by atoms with Gasteiger partial charge in [0.15, 0.2) is 0 Å². The van der Waals surface area contributed by atoms with Gasteiger partial charge in [0.1, 0.15) is 6.54 Å². The Balaban J connectivity index is 2.57.